The molecule has 0 aliphatic carbocycles. The van der Waals surface area contributed by atoms with Gasteiger partial charge in [0.25, 0.3) is 5.91 Å². The molecule has 0 saturated heterocycles. The lowest BCUT2D eigenvalue weighted by Gasteiger charge is -2.06. The van der Waals surface area contributed by atoms with Gasteiger partial charge in [-0.15, -0.1) is 0 Å². The van der Waals surface area contributed by atoms with Gasteiger partial charge in [0, 0.05) is 5.02 Å². The van der Waals surface area contributed by atoms with Gasteiger partial charge in [-0.3, -0.25) is 4.79 Å². The molecule has 0 radical (unpaired) electrons. The molecule has 6 heteroatoms. The Labute approximate surface area is 138 Å². The zero-order valence-electron chi connectivity index (χ0n) is 11.8. The van der Waals surface area contributed by atoms with Gasteiger partial charge < -0.3 is 4.74 Å². The molecule has 0 aliphatic heterocycles. The summed E-state index contributed by atoms with van der Waals surface area (Å²) in [6, 6.07) is 12.5. The van der Waals surface area contributed by atoms with E-state index in [1.165, 1.54) is 0 Å². The first-order chi connectivity index (χ1) is 10.5. The Morgan fingerprint density at radius 2 is 2.09 bits per heavy atom. The van der Waals surface area contributed by atoms with Crippen molar-refractivity contribution in [2.24, 2.45) is 5.10 Å². The Kier molecular flexibility index (Phi) is 5.81. The van der Waals surface area contributed by atoms with Crippen molar-refractivity contribution in [3.05, 3.63) is 63.6 Å². The van der Waals surface area contributed by atoms with Crippen molar-refractivity contribution in [3.63, 3.8) is 0 Å². The number of hydrogen-bond acceptors (Lipinski definition) is 3. The van der Waals surface area contributed by atoms with Gasteiger partial charge in [-0.05, 0) is 30.7 Å². The summed E-state index contributed by atoms with van der Waals surface area (Å²) in [7, 11) is 0. The lowest BCUT2D eigenvalue weighted by molar-refractivity contribution is -0.123. The molecule has 0 bridgehead atoms. The monoisotopic (exact) mass is 336 g/mol. The molecule has 22 heavy (non-hydrogen) atoms. The number of nitrogens with zero attached hydrogens (tertiary/aromatic N) is 1. The van der Waals surface area contributed by atoms with Gasteiger partial charge in [0.1, 0.15) is 5.75 Å². The predicted octanol–water partition coefficient (Wildman–Crippen LogP) is 3.83. The van der Waals surface area contributed by atoms with E-state index in [0.717, 1.165) is 11.1 Å². The highest BCUT2D eigenvalue weighted by molar-refractivity contribution is 6.35. The maximum absolute atomic E-state index is 11.6. The maximum Gasteiger partial charge on any atom is 0.277 e. The van der Waals surface area contributed by atoms with E-state index < -0.39 is 0 Å². The van der Waals surface area contributed by atoms with E-state index in [4.69, 9.17) is 27.9 Å². The summed E-state index contributed by atoms with van der Waals surface area (Å²) in [5, 5.41) is 4.73. The summed E-state index contributed by atoms with van der Waals surface area (Å²) in [6.45, 7) is 1.80. The molecule has 0 atom stereocenters. The second kappa shape index (κ2) is 7.82. The Balaban J connectivity index is 1.83. The predicted molar refractivity (Wildman–Crippen MR) is 88.9 cm³/mol. The van der Waals surface area contributed by atoms with Crippen molar-refractivity contribution in [3.8, 4) is 5.75 Å². The van der Waals surface area contributed by atoms with Crippen molar-refractivity contribution in [2.75, 3.05) is 6.61 Å². The van der Waals surface area contributed by atoms with E-state index in [9.17, 15) is 4.79 Å². The Morgan fingerprint density at radius 1 is 1.27 bits per heavy atom. The summed E-state index contributed by atoms with van der Waals surface area (Å²) in [5.74, 6) is 0.0128. The Bertz CT molecular complexity index is 702. The van der Waals surface area contributed by atoms with E-state index >= 15 is 0 Å². The first-order valence-corrected chi connectivity index (χ1v) is 7.26. The topological polar surface area (TPSA) is 50.7 Å². The molecule has 0 saturated carbocycles. The van der Waals surface area contributed by atoms with Crippen LogP contribution in [0.2, 0.25) is 10.0 Å². The third-order valence-corrected chi connectivity index (χ3v) is 3.23. The largest absolute Gasteiger partial charge is 0.482 e. The van der Waals surface area contributed by atoms with Gasteiger partial charge in [-0.1, -0.05) is 53.0 Å². The Hall–Kier alpha value is -2.04. The number of aryl methyl sites for hydroxylation is 1. The van der Waals surface area contributed by atoms with Crippen LogP contribution in [0.3, 0.4) is 0 Å². The molecule has 0 spiro atoms. The molecule has 4 nitrogen and oxygen atoms in total. The number of carbonyl (C=O) groups excluding carboxylic acids is 1. The number of carbonyl (C=O) groups is 1. The average molecular weight is 337 g/mol. The highest BCUT2D eigenvalue weighted by atomic mass is 35.5. The molecule has 0 aliphatic rings. The van der Waals surface area contributed by atoms with Gasteiger partial charge in [0.2, 0.25) is 0 Å². The quantitative estimate of drug-likeness (QED) is 0.666. The van der Waals surface area contributed by atoms with Crippen LogP contribution in [-0.4, -0.2) is 18.7 Å². The van der Waals surface area contributed by atoms with Crippen molar-refractivity contribution >= 4 is 35.3 Å². The molecule has 2 aromatic carbocycles. The van der Waals surface area contributed by atoms with E-state index in [0.29, 0.717) is 15.8 Å². The van der Waals surface area contributed by atoms with E-state index in [1.807, 2.05) is 31.2 Å². The molecule has 114 valence electrons. The van der Waals surface area contributed by atoms with Gasteiger partial charge in [-0.25, -0.2) is 5.43 Å². The van der Waals surface area contributed by atoms with Gasteiger partial charge in [-0.2, -0.15) is 5.10 Å². The van der Waals surface area contributed by atoms with E-state index in [2.05, 4.69) is 10.5 Å². The van der Waals surface area contributed by atoms with Crippen LogP contribution in [0.15, 0.2) is 47.6 Å². The summed E-state index contributed by atoms with van der Waals surface area (Å²) in [5.41, 5.74) is 4.41. The third-order valence-electron chi connectivity index (χ3n) is 2.70. The highest BCUT2D eigenvalue weighted by Crippen LogP contribution is 2.27. The molecule has 0 fully saturated rings. The number of benzene rings is 2. The van der Waals surface area contributed by atoms with Crippen LogP contribution in [0.1, 0.15) is 11.1 Å². The molecule has 2 aromatic rings. The van der Waals surface area contributed by atoms with Gasteiger partial charge in [0.15, 0.2) is 6.61 Å². The summed E-state index contributed by atoms with van der Waals surface area (Å²) >= 11 is 11.7. The normalized spacial score (nSPS) is 10.7. The molecule has 2 rings (SSSR count). The smallest absolute Gasteiger partial charge is 0.277 e. The van der Waals surface area contributed by atoms with Crippen LogP contribution in [0.5, 0.6) is 5.75 Å². The number of nitrogens with one attached hydrogen (secondary N) is 1. The summed E-state index contributed by atoms with van der Waals surface area (Å²) in [4.78, 5) is 11.6. The lowest BCUT2D eigenvalue weighted by atomic mass is 10.2. The third kappa shape index (κ3) is 5.06. The first-order valence-electron chi connectivity index (χ1n) is 6.51. The molecule has 0 unspecified atom stereocenters. The fourth-order valence-corrected chi connectivity index (χ4v) is 2.16. The number of ether oxygens (including phenoxy) is 1. The maximum atomic E-state index is 11.6. The molecule has 0 aromatic heterocycles. The second-order valence-corrected chi connectivity index (χ2v) is 5.41. The molecule has 1 amide bonds. The first kappa shape index (κ1) is 16.3. The van der Waals surface area contributed by atoms with E-state index in [-0.39, 0.29) is 12.5 Å². The fraction of sp³-hybridized carbons (Fsp3) is 0.125. The van der Waals surface area contributed by atoms with Crippen LogP contribution in [0.25, 0.3) is 0 Å². The molecule has 0 heterocycles. The number of hydrogen-bond donors (Lipinski definition) is 1. The molecular weight excluding hydrogens is 323 g/mol. The number of rotatable bonds is 5. The van der Waals surface area contributed by atoms with Crippen LogP contribution in [0.4, 0.5) is 0 Å². The standard InChI is InChI=1S/C16H14Cl2N2O2/c1-11-3-2-4-12(7-11)9-19-20-16(21)10-22-15-6-5-13(17)8-14(15)18/h2-9H,10H2,1H3,(H,20,21)/b19-9+. The minimum absolute atomic E-state index is 0.188. The fourth-order valence-electron chi connectivity index (χ4n) is 1.70. The number of hydrazone groups is 1. The SMILES string of the molecule is Cc1cccc(/C=N/NC(=O)COc2ccc(Cl)cc2Cl)c1. The van der Waals surface area contributed by atoms with Crippen molar-refractivity contribution in [1.29, 1.82) is 0 Å². The van der Waals surface area contributed by atoms with Crippen molar-refractivity contribution in [2.45, 2.75) is 6.92 Å². The molecular formula is C16H14Cl2N2O2. The van der Waals surface area contributed by atoms with Crippen LogP contribution in [-0.2, 0) is 4.79 Å². The van der Waals surface area contributed by atoms with Gasteiger partial charge >= 0.3 is 0 Å². The lowest BCUT2D eigenvalue weighted by Crippen LogP contribution is -2.24. The summed E-state index contributed by atoms with van der Waals surface area (Å²) < 4.78 is 5.30. The number of amides is 1. The zero-order chi connectivity index (χ0) is 15.9. The average Bonchev–Trinajstić information content (AvgIpc) is 2.46. The molecule has 1 N–H and O–H groups in total. The Morgan fingerprint density at radius 3 is 2.82 bits per heavy atom. The minimum atomic E-state index is -0.380. The second-order valence-electron chi connectivity index (χ2n) is 4.57. The van der Waals surface area contributed by atoms with Crippen molar-refractivity contribution in [1.82, 2.24) is 5.43 Å². The van der Waals surface area contributed by atoms with E-state index in [1.54, 1.807) is 24.4 Å². The van der Waals surface area contributed by atoms with Crippen LogP contribution < -0.4 is 10.2 Å². The van der Waals surface area contributed by atoms with Crippen molar-refractivity contribution < 1.29 is 9.53 Å². The number of halogens is 2. The minimum Gasteiger partial charge on any atom is -0.482 e. The zero-order valence-corrected chi connectivity index (χ0v) is 13.4. The summed E-state index contributed by atoms with van der Waals surface area (Å²) in [6.07, 6.45) is 1.57. The van der Waals surface area contributed by atoms with Crippen LogP contribution >= 0.6 is 23.2 Å². The van der Waals surface area contributed by atoms with Crippen LogP contribution in [0, 0.1) is 6.92 Å². The van der Waals surface area contributed by atoms with Gasteiger partial charge in [0.05, 0.1) is 11.2 Å². The highest BCUT2D eigenvalue weighted by Gasteiger charge is 2.05.